The number of aromatic nitrogens is 1. The molecule has 26 heavy (non-hydrogen) atoms. The van der Waals surface area contributed by atoms with E-state index in [1.54, 1.807) is 0 Å². The molecule has 0 spiro atoms. The van der Waals surface area contributed by atoms with Crippen molar-refractivity contribution in [2.45, 2.75) is 46.1 Å². The van der Waals surface area contributed by atoms with Gasteiger partial charge in [0.25, 0.3) is 0 Å². The quantitative estimate of drug-likeness (QED) is 0.407. The first-order valence-corrected chi connectivity index (χ1v) is 10.5. The van der Waals surface area contributed by atoms with E-state index in [1.165, 1.54) is 42.6 Å². The van der Waals surface area contributed by atoms with E-state index in [0.29, 0.717) is 0 Å². The molecule has 3 heteroatoms. The normalized spacial score (nSPS) is 11.2. The monoisotopic (exact) mass is 369 g/mol. The first-order chi connectivity index (χ1) is 12.8. The average Bonchev–Trinajstić information content (AvgIpc) is 2.68. The third-order valence-corrected chi connectivity index (χ3v) is 4.78. The Labute approximate surface area is 165 Å². The molecule has 2 aromatic rings. The number of benzene rings is 1. The fraction of sp³-hybridized carbons (Fsp3) is 0.435. The molecule has 0 aliphatic carbocycles. The fourth-order valence-corrected chi connectivity index (χ4v) is 3.21. The number of aryl methyl sites for hydroxylation is 1. The minimum Gasteiger partial charge on any atom is -0.372 e. The van der Waals surface area contributed by atoms with Crippen LogP contribution in [0, 0.1) is 0 Å². The molecule has 0 bridgehead atoms. The molecule has 0 amide bonds. The van der Waals surface area contributed by atoms with Gasteiger partial charge in [-0.05, 0) is 42.7 Å². The molecule has 0 atom stereocenters. The topological polar surface area (TPSA) is 7.12 Å². The summed E-state index contributed by atoms with van der Waals surface area (Å²) in [5.74, 6) is 0.843. The summed E-state index contributed by atoms with van der Waals surface area (Å²) < 4.78 is 2.23. The molecule has 1 aromatic carbocycles. The van der Waals surface area contributed by atoms with Crippen LogP contribution in [0.4, 0.5) is 5.69 Å². The van der Waals surface area contributed by atoms with Crippen LogP contribution in [0.2, 0.25) is 0 Å². The third-order valence-electron chi connectivity index (χ3n) is 4.58. The number of hydrogen-bond donors (Lipinski definition) is 1. The average molecular weight is 370 g/mol. The summed E-state index contributed by atoms with van der Waals surface area (Å²) in [6.45, 7) is 7.75. The Morgan fingerprint density at radius 3 is 2.23 bits per heavy atom. The zero-order chi connectivity index (χ0) is 18.6. The standard InChI is InChI=1S/C23H32N2S/c1-3-5-16-24(17-6-4-2)23-14-11-21(12-15-23)10-13-22-9-7-8-18-25(22)19-20-26/h7-15,18H,3-6,16-17,19-20H2,1-2H3/p+1. The zero-order valence-corrected chi connectivity index (χ0v) is 17.2. The van der Waals surface area contributed by atoms with E-state index >= 15 is 0 Å². The lowest BCUT2D eigenvalue weighted by Gasteiger charge is -2.24. The maximum absolute atomic E-state index is 4.35. The van der Waals surface area contributed by atoms with Gasteiger partial charge in [0.15, 0.2) is 12.7 Å². The molecule has 0 unspecified atom stereocenters. The molecule has 0 saturated heterocycles. The molecular weight excluding hydrogens is 336 g/mol. The van der Waals surface area contributed by atoms with Crippen LogP contribution in [-0.4, -0.2) is 18.8 Å². The summed E-state index contributed by atoms with van der Waals surface area (Å²) in [6.07, 6.45) is 11.5. The molecule has 2 rings (SSSR count). The maximum Gasteiger partial charge on any atom is 0.205 e. The minimum absolute atomic E-state index is 0.843. The van der Waals surface area contributed by atoms with Gasteiger partial charge in [0.05, 0.1) is 0 Å². The second kappa shape index (κ2) is 11.8. The smallest absolute Gasteiger partial charge is 0.205 e. The number of hydrogen-bond acceptors (Lipinski definition) is 2. The van der Waals surface area contributed by atoms with Gasteiger partial charge in [-0.15, -0.1) is 0 Å². The molecule has 0 aliphatic heterocycles. The Balaban J connectivity index is 2.08. The van der Waals surface area contributed by atoms with E-state index < -0.39 is 0 Å². The van der Waals surface area contributed by atoms with Gasteiger partial charge in [-0.1, -0.05) is 38.8 Å². The van der Waals surface area contributed by atoms with Crippen LogP contribution >= 0.6 is 12.6 Å². The number of nitrogens with zero attached hydrogens (tertiary/aromatic N) is 2. The number of anilines is 1. The summed E-state index contributed by atoms with van der Waals surface area (Å²) in [5.41, 5.74) is 3.79. The Kier molecular flexibility index (Phi) is 9.33. The molecule has 0 radical (unpaired) electrons. The third kappa shape index (κ3) is 6.53. The van der Waals surface area contributed by atoms with Gasteiger partial charge in [-0.25, -0.2) is 0 Å². The highest BCUT2D eigenvalue weighted by Crippen LogP contribution is 2.18. The molecule has 0 aliphatic rings. The van der Waals surface area contributed by atoms with E-state index in [2.05, 4.69) is 96.8 Å². The number of thiol groups is 1. The number of unbranched alkanes of at least 4 members (excludes halogenated alkanes) is 2. The van der Waals surface area contributed by atoms with Crippen LogP contribution in [0.15, 0.2) is 48.7 Å². The van der Waals surface area contributed by atoms with E-state index in [9.17, 15) is 0 Å². The lowest BCUT2D eigenvalue weighted by Crippen LogP contribution is -2.37. The van der Waals surface area contributed by atoms with E-state index in [-0.39, 0.29) is 0 Å². The summed E-state index contributed by atoms with van der Waals surface area (Å²) in [6, 6.07) is 15.3. The highest BCUT2D eigenvalue weighted by atomic mass is 32.1. The lowest BCUT2D eigenvalue weighted by molar-refractivity contribution is -0.694. The van der Waals surface area contributed by atoms with Crippen LogP contribution in [0.25, 0.3) is 12.2 Å². The Hall–Kier alpha value is -1.74. The zero-order valence-electron chi connectivity index (χ0n) is 16.3. The fourth-order valence-electron chi connectivity index (χ4n) is 3.00. The van der Waals surface area contributed by atoms with Crippen molar-refractivity contribution in [1.82, 2.24) is 0 Å². The van der Waals surface area contributed by atoms with Gasteiger partial charge in [-0.3, -0.25) is 0 Å². The first kappa shape index (κ1) is 20.6. The Morgan fingerprint density at radius 1 is 0.923 bits per heavy atom. The molecule has 1 heterocycles. The molecule has 0 N–H and O–H groups in total. The molecule has 0 fully saturated rings. The van der Waals surface area contributed by atoms with Gasteiger partial charge in [-0.2, -0.15) is 17.2 Å². The van der Waals surface area contributed by atoms with Crippen molar-refractivity contribution in [2.75, 3.05) is 23.7 Å². The van der Waals surface area contributed by atoms with Crippen molar-refractivity contribution < 1.29 is 4.57 Å². The molecular formula is C23H33N2S+. The second-order valence-electron chi connectivity index (χ2n) is 6.66. The summed E-state index contributed by atoms with van der Waals surface area (Å²) >= 11 is 4.35. The van der Waals surface area contributed by atoms with Crippen molar-refractivity contribution in [1.29, 1.82) is 0 Å². The number of pyridine rings is 1. The minimum atomic E-state index is 0.843. The van der Waals surface area contributed by atoms with Crippen molar-refractivity contribution in [3.63, 3.8) is 0 Å². The van der Waals surface area contributed by atoms with Crippen molar-refractivity contribution in [2.24, 2.45) is 0 Å². The van der Waals surface area contributed by atoms with Crippen molar-refractivity contribution >= 4 is 30.5 Å². The summed E-state index contributed by atoms with van der Waals surface area (Å²) in [4.78, 5) is 2.53. The van der Waals surface area contributed by atoms with Crippen LogP contribution in [0.3, 0.4) is 0 Å². The highest BCUT2D eigenvalue weighted by molar-refractivity contribution is 7.80. The Bertz CT molecular complexity index is 656. The molecule has 140 valence electrons. The van der Waals surface area contributed by atoms with Crippen LogP contribution in [-0.2, 0) is 6.54 Å². The number of rotatable bonds is 11. The van der Waals surface area contributed by atoms with Crippen LogP contribution < -0.4 is 9.47 Å². The SMILES string of the molecule is CCCCN(CCCC)c1ccc(/C=C/c2cccc[n+]2CCS)cc1. The van der Waals surface area contributed by atoms with Crippen LogP contribution in [0.5, 0.6) is 0 Å². The molecule has 1 aromatic heterocycles. The molecule has 2 nitrogen and oxygen atoms in total. The summed E-state index contributed by atoms with van der Waals surface area (Å²) in [7, 11) is 0. The van der Waals surface area contributed by atoms with Crippen LogP contribution in [0.1, 0.15) is 50.8 Å². The van der Waals surface area contributed by atoms with Gasteiger partial charge in [0.1, 0.15) is 0 Å². The van der Waals surface area contributed by atoms with Crippen molar-refractivity contribution in [3.8, 4) is 0 Å². The first-order valence-electron chi connectivity index (χ1n) is 9.91. The van der Waals surface area contributed by atoms with Gasteiger partial charge in [0, 0.05) is 42.7 Å². The van der Waals surface area contributed by atoms with E-state index in [0.717, 1.165) is 25.4 Å². The Morgan fingerprint density at radius 2 is 1.62 bits per heavy atom. The van der Waals surface area contributed by atoms with Crippen molar-refractivity contribution in [3.05, 3.63) is 59.9 Å². The largest absolute Gasteiger partial charge is 0.372 e. The highest BCUT2D eigenvalue weighted by Gasteiger charge is 2.06. The van der Waals surface area contributed by atoms with E-state index in [1.807, 2.05) is 0 Å². The van der Waals surface area contributed by atoms with Gasteiger partial charge < -0.3 is 4.90 Å². The van der Waals surface area contributed by atoms with Gasteiger partial charge >= 0.3 is 0 Å². The van der Waals surface area contributed by atoms with E-state index in [4.69, 9.17) is 0 Å². The maximum atomic E-state index is 4.35. The lowest BCUT2D eigenvalue weighted by atomic mass is 10.1. The van der Waals surface area contributed by atoms with Gasteiger partial charge in [0.2, 0.25) is 5.69 Å². The predicted octanol–water partition coefficient (Wildman–Crippen LogP) is 5.48. The predicted molar refractivity (Wildman–Crippen MR) is 118 cm³/mol. The molecule has 0 saturated carbocycles. The second-order valence-corrected chi connectivity index (χ2v) is 7.11. The summed E-state index contributed by atoms with van der Waals surface area (Å²) in [5, 5.41) is 0.